The first-order valence-electron chi connectivity index (χ1n) is 5.58. The SMILES string of the molecule is Cc1cccc(CCc2ccccc2O)c1. The van der Waals surface area contributed by atoms with Crippen LogP contribution in [0.15, 0.2) is 48.5 Å². The number of rotatable bonds is 3. The zero-order valence-electron chi connectivity index (χ0n) is 9.48. The van der Waals surface area contributed by atoms with E-state index in [0.717, 1.165) is 18.4 Å². The molecule has 0 amide bonds. The summed E-state index contributed by atoms with van der Waals surface area (Å²) in [5.74, 6) is 0.398. The highest BCUT2D eigenvalue weighted by molar-refractivity contribution is 5.33. The minimum Gasteiger partial charge on any atom is -0.508 e. The number of phenols is 1. The van der Waals surface area contributed by atoms with Crippen molar-refractivity contribution in [3.8, 4) is 5.75 Å². The van der Waals surface area contributed by atoms with Crippen LogP contribution in [-0.2, 0) is 12.8 Å². The molecular formula is C15H16O. The Morgan fingerprint density at radius 3 is 2.50 bits per heavy atom. The summed E-state index contributed by atoms with van der Waals surface area (Å²) in [6.07, 6.45) is 1.86. The van der Waals surface area contributed by atoms with E-state index in [1.807, 2.05) is 18.2 Å². The molecule has 0 aliphatic carbocycles. The predicted molar refractivity (Wildman–Crippen MR) is 66.7 cm³/mol. The fourth-order valence-corrected chi connectivity index (χ4v) is 1.87. The lowest BCUT2D eigenvalue weighted by molar-refractivity contribution is 0.468. The van der Waals surface area contributed by atoms with E-state index in [2.05, 4.69) is 31.2 Å². The van der Waals surface area contributed by atoms with Crippen LogP contribution < -0.4 is 0 Å². The number of hydrogen-bond donors (Lipinski definition) is 1. The maximum absolute atomic E-state index is 9.64. The number of benzene rings is 2. The highest BCUT2D eigenvalue weighted by Gasteiger charge is 2.00. The van der Waals surface area contributed by atoms with Crippen molar-refractivity contribution in [1.82, 2.24) is 0 Å². The normalized spacial score (nSPS) is 10.3. The van der Waals surface area contributed by atoms with Crippen molar-refractivity contribution in [3.05, 3.63) is 65.2 Å². The number of phenolic OH excluding ortho intramolecular Hbond substituents is 1. The van der Waals surface area contributed by atoms with E-state index in [1.165, 1.54) is 11.1 Å². The minimum absolute atomic E-state index is 0.398. The molecule has 0 aliphatic rings. The molecule has 0 aromatic heterocycles. The van der Waals surface area contributed by atoms with Gasteiger partial charge in [-0.2, -0.15) is 0 Å². The fourth-order valence-electron chi connectivity index (χ4n) is 1.87. The van der Waals surface area contributed by atoms with Gasteiger partial charge in [-0.15, -0.1) is 0 Å². The summed E-state index contributed by atoms with van der Waals surface area (Å²) in [5, 5.41) is 9.64. The Morgan fingerprint density at radius 2 is 1.75 bits per heavy atom. The summed E-state index contributed by atoms with van der Waals surface area (Å²) >= 11 is 0. The van der Waals surface area contributed by atoms with Crippen LogP contribution in [0.1, 0.15) is 16.7 Å². The average Bonchev–Trinajstić information content (AvgIpc) is 2.28. The van der Waals surface area contributed by atoms with E-state index in [-0.39, 0.29) is 0 Å². The standard InChI is InChI=1S/C15H16O/c1-12-5-4-6-13(11-12)9-10-14-7-2-3-8-15(14)16/h2-8,11,16H,9-10H2,1H3. The Bertz CT molecular complexity index is 474. The number of aromatic hydroxyl groups is 1. The minimum atomic E-state index is 0.398. The third kappa shape index (κ3) is 2.63. The van der Waals surface area contributed by atoms with E-state index in [4.69, 9.17) is 0 Å². The summed E-state index contributed by atoms with van der Waals surface area (Å²) in [6.45, 7) is 2.10. The number of para-hydroxylation sites is 1. The molecule has 1 nitrogen and oxygen atoms in total. The third-order valence-electron chi connectivity index (χ3n) is 2.76. The van der Waals surface area contributed by atoms with Crippen molar-refractivity contribution >= 4 is 0 Å². The number of hydrogen-bond acceptors (Lipinski definition) is 1. The van der Waals surface area contributed by atoms with E-state index in [9.17, 15) is 5.11 Å². The van der Waals surface area contributed by atoms with Gasteiger partial charge in [0.05, 0.1) is 0 Å². The van der Waals surface area contributed by atoms with Gasteiger partial charge in [0, 0.05) is 0 Å². The molecule has 82 valence electrons. The van der Waals surface area contributed by atoms with Gasteiger partial charge in [0.15, 0.2) is 0 Å². The molecule has 0 radical (unpaired) electrons. The van der Waals surface area contributed by atoms with Crippen molar-refractivity contribution in [3.63, 3.8) is 0 Å². The molecule has 0 atom stereocenters. The Morgan fingerprint density at radius 1 is 0.938 bits per heavy atom. The summed E-state index contributed by atoms with van der Waals surface area (Å²) in [4.78, 5) is 0. The number of aryl methyl sites for hydroxylation is 3. The van der Waals surface area contributed by atoms with Crippen LogP contribution in [-0.4, -0.2) is 5.11 Å². The Labute approximate surface area is 96.4 Å². The van der Waals surface area contributed by atoms with Crippen LogP contribution in [0.25, 0.3) is 0 Å². The second-order valence-corrected chi connectivity index (χ2v) is 4.12. The van der Waals surface area contributed by atoms with Gasteiger partial charge in [-0.25, -0.2) is 0 Å². The second-order valence-electron chi connectivity index (χ2n) is 4.12. The Balaban J connectivity index is 2.05. The first-order valence-corrected chi connectivity index (χ1v) is 5.58. The van der Waals surface area contributed by atoms with Gasteiger partial charge in [0.1, 0.15) is 5.75 Å². The van der Waals surface area contributed by atoms with Gasteiger partial charge in [0.25, 0.3) is 0 Å². The molecule has 16 heavy (non-hydrogen) atoms. The first kappa shape index (κ1) is 10.7. The summed E-state index contributed by atoms with van der Waals surface area (Å²) in [5.41, 5.74) is 3.63. The average molecular weight is 212 g/mol. The van der Waals surface area contributed by atoms with Crippen LogP contribution >= 0.6 is 0 Å². The largest absolute Gasteiger partial charge is 0.508 e. The molecule has 0 bridgehead atoms. The van der Waals surface area contributed by atoms with E-state index >= 15 is 0 Å². The highest BCUT2D eigenvalue weighted by atomic mass is 16.3. The van der Waals surface area contributed by atoms with Crippen LogP contribution in [0, 0.1) is 6.92 Å². The summed E-state index contributed by atoms with van der Waals surface area (Å²) < 4.78 is 0. The van der Waals surface area contributed by atoms with E-state index in [1.54, 1.807) is 6.07 Å². The summed E-state index contributed by atoms with van der Waals surface area (Å²) in [7, 11) is 0. The summed E-state index contributed by atoms with van der Waals surface area (Å²) in [6, 6.07) is 16.0. The molecule has 0 spiro atoms. The van der Waals surface area contributed by atoms with Crippen LogP contribution in [0.2, 0.25) is 0 Å². The monoisotopic (exact) mass is 212 g/mol. The van der Waals surface area contributed by atoms with Gasteiger partial charge in [-0.1, -0.05) is 48.0 Å². The molecule has 2 aromatic rings. The molecule has 2 rings (SSSR count). The van der Waals surface area contributed by atoms with Crippen LogP contribution in [0.3, 0.4) is 0 Å². The maximum Gasteiger partial charge on any atom is 0.118 e. The second kappa shape index (κ2) is 4.84. The molecule has 1 heteroatoms. The van der Waals surface area contributed by atoms with Gasteiger partial charge < -0.3 is 5.11 Å². The Hall–Kier alpha value is -1.76. The topological polar surface area (TPSA) is 20.2 Å². The highest BCUT2D eigenvalue weighted by Crippen LogP contribution is 2.18. The maximum atomic E-state index is 9.64. The molecule has 1 N–H and O–H groups in total. The third-order valence-corrected chi connectivity index (χ3v) is 2.76. The van der Waals surface area contributed by atoms with Crippen molar-refractivity contribution in [2.24, 2.45) is 0 Å². The van der Waals surface area contributed by atoms with E-state index in [0.29, 0.717) is 5.75 Å². The molecule has 2 aromatic carbocycles. The quantitative estimate of drug-likeness (QED) is 0.825. The first-order chi connectivity index (χ1) is 7.75. The zero-order valence-corrected chi connectivity index (χ0v) is 9.48. The molecule has 0 heterocycles. The van der Waals surface area contributed by atoms with Crippen molar-refractivity contribution in [2.45, 2.75) is 19.8 Å². The lowest BCUT2D eigenvalue weighted by Gasteiger charge is -2.05. The lowest BCUT2D eigenvalue weighted by Crippen LogP contribution is -1.92. The molecule has 0 unspecified atom stereocenters. The fraction of sp³-hybridized carbons (Fsp3) is 0.200. The van der Waals surface area contributed by atoms with E-state index < -0.39 is 0 Å². The molecule has 0 aliphatic heterocycles. The van der Waals surface area contributed by atoms with Crippen LogP contribution in [0.5, 0.6) is 5.75 Å². The Kier molecular flexibility index (Phi) is 3.25. The molecule has 0 saturated carbocycles. The van der Waals surface area contributed by atoms with Gasteiger partial charge in [-0.05, 0) is 37.0 Å². The molecular weight excluding hydrogens is 196 g/mol. The van der Waals surface area contributed by atoms with Crippen molar-refractivity contribution in [1.29, 1.82) is 0 Å². The van der Waals surface area contributed by atoms with Crippen molar-refractivity contribution < 1.29 is 5.11 Å². The predicted octanol–water partition coefficient (Wildman–Crippen LogP) is 3.49. The van der Waals surface area contributed by atoms with Crippen molar-refractivity contribution in [2.75, 3.05) is 0 Å². The van der Waals surface area contributed by atoms with Gasteiger partial charge in [-0.3, -0.25) is 0 Å². The van der Waals surface area contributed by atoms with Crippen LogP contribution in [0.4, 0.5) is 0 Å². The molecule has 0 fully saturated rings. The zero-order chi connectivity index (χ0) is 11.4. The van der Waals surface area contributed by atoms with Gasteiger partial charge >= 0.3 is 0 Å². The smallest absolute Gasteiger partial charge is 0.118 e. The lowest BCUT2D eigenvalue weighted by atomic mass is 10.0. The molecule has 0 saturated heterocycles. The van der Waals surface area contributed by atoms with Gasteiger partial charge in [0.2, 0.25) is 0 Å².